The van der Waals surface area contributed by atoms with Gasteiger partial charge in [-0.1, -0.05) is 0 Å². The molecule has 0 saturated heterocycles. The van der Waals surface area contributed by atoms with Crippen LogP contribution in [0.1, 0.15) is 38.0 Å². The Labute approximate surface area is 165 Å². The van der Waals surface area contributed by atoms with Crippen molar-refractivity contribution < 1.29 is 27.5 Å². The Morgan fingerprint density at radius 2 is 2.07 bits per heavy atom. The molecule has 1 aliphatic carbocycles. The number of carbonyl (C=O) groups excluding carboxylic acids is 2. The Morgan fingerprint density at radius 3 is 2.76 bits per heavy atom. The average Bonchev–Trinajstić information content (AvgIpc) is 3.35. The number of nitrogens with zero attached hydrogens (tertiary/aromatic N) is 2. The molecule has 1 fully saturated rings. The Balaban J connectivity index is 1.46. The maximum absolute atomic E-state index is 13.8. The summed E-state index contributed by atoms with van der Waals surface area (Å²) < 4.78 is 37.1. The monoisotopic (exact) mass is 403 g/mol. The minimum atomic E-state index is -0.867. The molecule has 29 heavy (non-hydrogen) atoms. The van der Waals surface area contributed by atoms with E-state index in [1.165, 1.54) is 12.3 Å². The van der Waals surface area contributed by atoms with Gasteiger partial charge in [0.1, 0.15) is 17.2 Å². The summed E-state index contributed by atoms with van der Waals surface area (Å²) in [7, 11) is 0. The van der Waals surface area contributed by atoms with E-state index in [9.17, 15) is 23.6 Å². The van der Waals surface area contributed by atoms with Crippen LogP contribution in [0.5, 0.6) is 0 Å². The number of ether oxygens (including phenoxy) is 1. The number of halogens is 2. The fourth-order valence-electron chi connectivity index (χ4n) is 3.21. The second kappa shape index (κ2) is 8.82. The number of aryl methyl sites for hydroxylation is 1. The molecule has 0 unspecified atom stereocenters. The second-order valence-electron chi connectivity index (χ2n) is 6.85. The van der Waals surface area contributed by atoms with Crippen molar-refractivity contribution in [1.82, 2.24) is 10.3 Å². The van der Waals surface area contributed by atoms with E-state index in [0.29, 0.717) is 12.8 Å². The highest BCUT2D eigenvalue weighted by atomic mass is 19.1. The Bertz CT molecular complexity index is 945. The fourth-order valence-corrected chi connectivity index (χ4v) is 3.21. The standard InChI is InChI=1S/C20H19F2N3O4/c21-13-3-4-14(15(22)9-13)16-10-24-18(29-16)5-6-19(27)28-11-17(26)25-20(12-23)7-1-2-8-20/h3-4,9-10H,1-2,5-8,11H2,(H,25,26). The molecule has 7 nitrogen and oxygen atoms in total. The highest BCUT2D eigenvalue weighted by Crippen LogP contribution is 2.28. The number of carbonyl (C=O) groups is 2. The van der Waals surface area contributed by atoms with Gasteiger partial charge in [-0.15, -0.1) is 0 Å². The first-order valence-electron chi connectivity index (χ1n) is 9.19. The molecule has 1 N–H and O–H groups in total. The highest BCUT2D eigenvalue weighted by molar-refractivity contribution is 5.81. The molecule has 2 aromatic rings. The third-order valence-electron chi connectivity index (χ3n) is 4.71. The van der Waals surface area contributed by atoms with Crippen molar-refractivity contribution in [2.45, 2.75) is 44.1 Å². The number of esters is 1. The van der Waals surface area contributed by atoms with Gasteiger partial charge < -0.3 is 14.5 Å². The van der Waals surface area contributed by atoms with E-state index in [1.807, 2.05) is 0 Å². The predicted molar refractivity (Wildman–Crippen MR) is 96.1 cm³/mol. The maximum Gasteiger partial charge on any atom is 0.306 e. The van der Waals surface area contributed by atoms with Crippen molar-refractivity contribution in [3.05, 3.63) is 41.9 Å². The number of nitrogens with one attached hydrogen (secondary N) is 1. The predicted octanol–water partition coefficient (Wildman–Crippen LogP) is 3.05. The van der Waals surface area contributed by atoms with Crippen LogP contribution in [-0.4, -0.2) is 29.0 Å². The summed E-state index contributed by atoms with van der Waals surface area (Å²) in [6, 6.07) is 5.20. The fraction of sp³-hybridized carbons (Fsp3) is 0.400. The quantitative estimate of drug-likeness (QED) is 0.713. The molecule has 0 spiro atoms. The van der Waals surface area contributed by atoms with Crippen LogP contribution in [0.3, 0.4) is 0 Å². The molecule has 9 heteroatoms. The first-order valence-corrected chi connectivity index (χ1v) is 9.19. The van der Waals surface area contributed by atoms with Crippen molar-refractivity contribution in [3.63, 3.8) is 0 Å². The molecule has 1 amide bonds. The van der Waals surface area contributed by atoms with Gasteiger partial charge in [0.05, 0.1) is 24.3 Å². The van der Waals surface area contributed by atoms with E-state index in [4.69, 9.17) is 9.15 Å². The second-order valence-corrected chi connectivity index (χ2v) is 6.85. The SMILES string of the molecule is N#CC1(NC(=O)COC(=O)CCc2ncc(-c3ccc(F)cc3F)o2)CCCC1. The Kier molecular flexibility index (Phi) is 6.22. The molecule has 1 aromatic carbocycles. The van der Waals surface area contributed by atoms with Gasteiger partial charge in [0.25, 0.3) is 5.91 Å². The minimum absolute atomic E-state index is 0.0581. The molecule has 152 valence electrons. The van der Waals surface area contributed by atoms with Crippen molar-refractivity contribution in [1.29, 1.82) is 5.26 Å². The first kappa shape index (κ1) is 20.5. The molecule has 1 saturated carbocycles. The summed E-state index contributed by atoms with van der Waals surface area (Å²) in [4.78, 5) is 27.7. The molecule has 0 bridgehead atoms. The lowest BCUT2D eigenvalue weighted by atomic mass is 10.00. The molecule has 1 aromatic heterocycles. The van der Waals surface area contributed by atoms with Crippen LogP contribution in [0.15, 0.2) is 28.8 Å². The Morgan fingerprint density at radius 1 is 1.31 bits per heavy atom. The van der Waals surface area contributed by atoms with Crippen LogP contribution in [0.2, 0.25) is 0 Å². The lowest BCUT2D eigenvalue weighted by Crippen LogP contribution is -2.46. The number of nitriles is 1. The van der Waals surface area contributed by atoms with Crippen LogP contribution in [0.25, 0.3) is 11.3 Å². The lowest BCUT2D eigenvalue weighted by molar-refractivity contribution is -0.148. The van der Waals surface area contributed by atoms with E-state index in [1.54, 1.807) is 0 Å². The largest absolute Gasteiger partial charge is 0.456 e. The van der Waals surface area contributed by atoms with E-state index in [0.717, 1.165) is 25.0 Å². The van der Waals surface area contributed by atoms with Crippen LogP contribution >= 0.6 is 0 Å². The van der Waals surface area contributed by atoms with Crippen molar-refractivity contribution in [2.24, 2.45) is 0 Å². The van der Waals surface area contributed by atoms with Crippen molar-refractivity contribution in [2.75, 3.05) is 6.61 Å². The van der Waals surface area contributed by atoms with Gasteiger partial charge in [-0.25, -0.2) is 13.8 Å². The highest BCUT2D eigenvalue weighted by Gasteiger charge is 2.35. The topological polar surface area (TPSA) is 105 Å². The third kappa shape index (κ3) is 5.16. The molecule has 3 rings (SSSR count). The first-order chi connectivity index (χ1) is 13.9. The zero-order valence-corrected chi connectivity index (χ0v) is 15.5. The molecule has 0 radical (unpaired) electrons. The molecule has 1 aliphatic rings. The van der Waals surface area contributed by atoms with E-state index < -0.39 is 35.7 Å². The summed E-state index contributed by atoms with van der Waals surface area (Å²) in [6.07, 6.45) is 4.19. The molecule has 1 heterocycles. The summed E-state index contributed by atoms with van der Waals surface area (Å²) in [5.74, 6) is -2.35. The lowest BCUT2D eigenvalue weighted by Gasteiger charge is -2.21. The van der Waals surface area contributed by atoms with Gasteiger partial charge in [0.15, 0.2) is 18.3 Å². The van der Waals surface area contributed by atoms with E-state index >= 15 is 0 Å². The molecule has 0 atom stereocenters. The van der Waals surface area contributed by atoms with Gasteiger partial charge >= 0.3 is 5.97 Å². The van der Waals surface area contributed by atoms with Crippen LogP contribution in [0, 0.1) is 23.0 Å². The number of amides is 1. The van der Waals surface area contributed by atoms with Gasteiger partial charge in [-0.3, -0.25) is 9.59 Å². The normalized spacial score (nSPS) is 14.9. The number of hydrogen-bond acceptors (Lipinski definition) is 6. The van der Waals surface area contributed by atoms with Crippen LogP contribution in [0.4, 0.5) is 8.78 Å². The van der Waals surface area contributed by atoms with Crippen LogP contribution < -0.4 is 5.32 Å². The number of benzene rings is 1. The summed E-state index contributed by atoms with van der Waals surface area (Å²) in [6.45, 7) is -0.472. The van der Waals surface area contributed by atoms with Crippen molar-refractivity contribution >= 4 is 11.9 Å². The summed E-state index contributed by atoms with van der Waals surface area (Å²) >= 11 is 0. The van der Waals surface area contributed by atoms with Gasteiger partial charge in [0.2, 0.25) is 0 Å². The number of aromatic nitrogens is 1. The zero-order chi connectivity index (χ0) is 20.9. The molecular weight excluding hydrogens is 384 g/mol. The number of rotatable bonds is 7. The summed E-state index contributed by atoms with van der Waals surface area (Å²) in [5.41, 5.74) is -0.809. The summed E-state index contributed by atoms with van der Waals surface area (Å²) in [5, 5.41) is 11.9. The van der Waals surface area contributed by atoms with Crippen LogP contribution in [-0.2, 0) is 20.7 Å². The van der Waals surface area contributed by atoms with E-state index in [2.05, 4.69) is 16.4 Å². The van der Waals surface area contributed by atoms with E-state index in [-0.39, 0.29) is 30.1 Å². The maximum atomic E-state index is 13.8. The van der Waals surface area contributed by atoms with Gasteiger partial charge in [-0.2, -0.15) is 5.26 Å². The molecular formula is C20H19F2N3O4. The van der Waals surface area contributed by atoms with Gasteiger partial charge in [0, 0.05) is 12.5 Å². The smallest absolute Gasteiger partial charge is 0.306 e. The zero-order valence-electron chi connectivity index (χ0n) is 15.5. The minimum Gasteiger partial charge on any atom is -0.456 e. The third-order valence-corrected chi connectivity index (χ3v) is 4.71. The molecule has 0 aliphatic heterocycles. The van der Waals surface area contributed by atoms with Crippen molar-refractivity contribution in [3.8, 4) is 17.4 Å². The average molecular weight is 403 g/mol. The number of oxazole rings is 1. The Hall–Kier alpha value is -3.28. The van der Waals surface area contributed by atoms with Gasteiger partial charge in [-0.05, 0) is 37.8 Å². The number of hydrogen-bond donors (Lipinski definition) is 1.